The van der Waals surface area contributed by atoms with E-state index in [-0.39, 0.29) is 6.04 Å². The minimum atomic E-state index is -4.27. The first kappa shape index (κ1) is 10.0. The molecule has 1 aliphatic heterocycles. The number of nitrogens with one attached hydrogen (secondary N) is 1. The average molecular weight is 233 g/mol. The number of thiocarbonyl (C=S) groups is 1. The number of allylic oxidation sites excluding steroid dienone is 2. The average Bonchev–Trinajstić information content (AvgIpc) is 2.48. The predicted molar refractivity (Wildman–Crippen MR) is 53.7 cm³/mol. The van der Waals surface area contributed by atoms with Crippen LogP contribution in [0.2, 0.25) is 0 Å². The number of hydrogen-bond donors (Lipinski definition) is 3. The van der Waals surface area contributed by atoms with Gasteiger partial charge in [0.05, 0.1) is 0 Å². The summed E-state index contributed by atoms with van der Waals surface area (Å²) in [5.41, 5.74) is 0. The summed E-state index contributed by atoms with van der Waals surface area (Å²) in [5.74, 6) is -0.817. The van der Waals surface area contributed by atoms with E-state index >= 15 is 0 Å². The zero-order chi connectivity index (χ0) is 10.3. The van der Waals surface area contributed by atoms with Gasteiger partial charge in [-0.25, -0.2) is 0 Å². The molecule has 1 fully saturated rings. The fraction of sp³-hybridized carbons (Fsp3) is 0.286. The second kappa shape index (κ2) is 3.25. The Kier molecular flexibility index (Phi) is 2.33. The molecule has 5 nitrogen and oxygen atoms in total. The lowest BCUT2D eigenvalue weighted by atomic mass is 10.1. The highest BCUT2D eigenvalue weighted by Gasteiger charge is 2.42. The normalized spacial score (nSPS) is 31.0. The lowest BCUT2D eigenvalue weighted by molar-refractivity contribution is 0.176. The Morgan fingerprint density at radius 1 is 1.57 bits per heavy atom. The van der Waals surface area contributed by atoms with E-state index in [1.807, 2.05) is 0 Å². The fourth-order valence-corrected chi connectivity index (χ4v) is 2.18. The Balaban J connectivity index is 2.23. The first-order chi connectivity index (χ1) is 6.48. The molecular formula is C7H8NO4PS. The van der Waals surface area contributed by atoms with E-state index < -0.39 is 13.6 Å². The number of hydrogen-bond acceptors (Lipinski definition) is 4. The molecule has 7 heteroatoms. The smallest absolute Gasteiger partial charge is 0.380 e. The molecule has 0 spiro atoms. The third-order valence-corrected chi connectivity index (χ3v) is 3.19. The first-order valence-electron chi connectivity index (χ1n) is 3.88. The third kappa shape index (κ3) is 1.67. The second-order valence-corrected chi connectivity index (χ2v) is 5.11. The van der Waals surface area contributed by atoms with Crippen molar-refractivity contribution in [3.63, 3.8) is 0 Å². The van der Waals surface area contributed by atoms with Gasteiger partial charge in [0.2, 0.25) is 0 Å². The summed E-state index contributed by atoms with van der Waals surface area (Å²) < 4.78 is 15.9. The van der Waals surface area contributed by atoms with Gasteiger partial charge in [-0.1, -0.05) is 18.3 Å². The van der Waals surface area contributed by atoms with Crippen molar-refractivity contribution in [1.82, 2.24) is 5.32 Å². The topological polar surface area (TPSA) is 78.8 Å². The van der Waals surface area contributed by atoms with E-state index in [4.69, 9.17) is 26.7 Å². The first-order valence-corrected chi connectivity index (χ1v) is 5.97. The van der Waals surface area contributed by atoms with Gasteiger partial charge in [0.15, 0.2) is 0 Å². The predicted octanol–water partition coefficient (Wildman–Crippen LogP) is 0.260. The van der Waals surface area contributed by atoms with Crippen molar-refractivity contribution < 1.29 is 19.1 Å². The van der Waals surface area contributed by atoms with Crippen molar-refractivity contribution in [2.24, 2.45) is 0 Å². The molecule has 0 radical (unpaired) electrons. The zero-order valence-electron chi connectivity index (χ0n) is 6.95. The van der Waals surface area contributed by atoms with Crippen molar-refractivity contribution >= 4 is 24.7 Å². The van der Waals surface area contributed by atoms with Crippen molar-refractivity contribution in [2.75, 3.05) is 0 Å². The Morgan fingerprint density at radius 2 is 2.29 bits per heavy atom. The number of rotatable bonds is 1. The summed E-state index contributed by atoms with van der Waals surface area (Å²) in [4.78, 5) is 18.3. The zero-order valence-corrected chi connectivity index (χ0v) is 8.66. The molecule has 2 aliphatic rings. The summed E-state index contributed by atoms with van der Waals surface area (Å²) in [6.45, 7) is 0. The van der Waals surface area contributed by atoms with Crippen LogP contribution in [0.15, 0.2) is 24.0 Å². The fourth-order valence-electron chi connectivity index (χ4n) is 1.31. The third-order valence-electron chi connectivity index (χ3n) is 1.95. The van der Waals surface area contributed by atoms with Crippen molar-refractivity contribution in [3.05, 3.63) is 24.0 Å². The molecule has 2 unspecified atom stereocenters. The highest BCUT2D eigenvalue weighted by atomic mass is 32.1. The van der Waals surface area contributed by atoms with Gasteiger partial charge < -0.3 is 14.5 Å². The van der Waals surface area contributed by atoms with Crippen LogP contribution in [0.25, 0.3) is 0 Å². The Morgan fingerprint density at radius 3 is 2.86 bits per heavy atom. The van der Waals surface area contributed by atoms with Gasteiger partial charge in [0.1, 0.15) is 11.8 Å². The largest absolute Gasteiger partial charge is 0.465 e. The van der Waals surface area contributed by atoms with Gasteiger partial charge in [-0.2, -0.15) is 0 Å². The van der Waals surface area contributed by atoms with Gasteiger partial charge >= 0.3 is 7.60 Å². The van der Waals surface area contributed by atoms with E-state index in [1.54, 1.807) is 18.2 Å². The van der Waals surface area contributed by atoms with Crippen LogP contribution in [0, 0.1) is 0 Å². The van der Waals surface area contributed by atoms with Crippen LogP contribution in [-0.4, -0.2) is 26.7 Å². The monoisotopic (exact) mass is 233 g/mol. The van der Waals surface area contributed by atoms with E-state index in [9.17, 15) is 4.57 Å². The molecule has 0 saturated carbocycles. The molecule has 2 rings (SSSR count). The SMILES string of the molecule is O=P(O)(O)C1NC2C(=S)C=CC=C2O1. The molecule has 0 amide bonds. The second-order valence-electron chi connectivity index (χ2n) is 2.99. The Labute approximate surface area is 85.6 Å². The highest BCUT2D eigenvalue weighted by Crippen LogP contribution is 2.44. The molecule has 1 saturated heterocycles. The standard InChI is InChI=1S/C7H8NO4PS/c9-13(10,11)7-8-6-4(12-7)2-1-3-5(6)14/h1-3,6-8H,(H2,9,10,11). The van der Waals surface area contributed by atoms with Crippen molar-refractivity contribution in [1.29, 1.82) is 0 Å². The lowest BCUT2D eigenvalue weighted by Crippen LogP contribution is -2.35. The number of ether oxygens (including phenoxy) is 1. The molecule has 0 aromatic carbocycles. The van der Waals surface area contributed by atoms with E-state index in [1.165, 1.54) is 0 Å². The van der Waals surface area contributed by atoms with E-state index in [0.717, 1.165) is 0 Å². The summed E-state index contributed by atoms with van der Waals surface area (Å²) in [6, 6.07) is -0.382. The van der Waals surface area contributed by atoms with Gasteiger partial charge in [-0.15, -0.1) is 0 Å². The van der Waals surface area contributed by atoms with Gasteiger partial charge in [0.25, 0.3) is 5.97 Å². The van der Waals surface area contributed by atoms with E-state index in [2.05, 4.69) is 5.32 Å². The van der Waals surface area contributed by atoms with Crippen molar-refractivity contribution in [2.45, 2.75) is 12.0 Å². The van der Waals surface area contributed by atoms with Crippen LogP contribution in [0.1, 0.15) is 0 Å². The highest BCUT2D eigenvalue weighted by molar-refractivity contribution is 7.81. The molecule has 2 atom stereocenters. The van der Waals surface area contributed by atoms with Crippen molar-refractivity contribution in [3.8, 4) is 0 Å². The number of fused-ring (bicyclic) bond motifs is 1. The minimum absolute atomic E-state index is 0.382. The molecule has 0 aromatic rings. The van der Waals surface area contributed by atoms with Crippen LogP contribution in [0.4, 0.5) is 0 Å². The van der Waals surface area contributed by atoms with E-state index in [0.29, 0.717) is 10.6 Å². The van der Waals surface area contributed by atoms with Gasteiger partial charge in [-0.3, -0.25) is 9.88 Å². The summed E-state index contributed by atoms with van der Waals surface area (Å²) in [7, 11) is -4.27. The molecule has 3 N–H and O–H groups in total. The molecule has 76 valence electrons. The molecular weight excluding hydrogens is 225 g/mol. The van der Waals surface area contributed by atoms with Crippen LogP contribution in [-0.2, 0) is 9.30 Å². The maximum atomic E-state index is 10.9. The molecule has 14 heavy (non-hydrogen) atoms. The van der Waals surface area contributed by atoms with Crippen LogP contribution >= 0.6 is 19.8 Å². The molecule has 1 aliphatic carbocycles. The maximum absolute atomic E-state index is 10.9. The molecule has 1 heterocycles. The molecule has 0 bridgehead atoms. The maximum Gasteiger partial charge on any atom is 0.380 e. The van der Waals surface area contributed by atoms with Gasteiger partial charge in [-0.05, 0) is 12.2 Å². The van der Waals surface area contributed by atoms with Crippen LogP contribution in [0.5, 0.6) is 0 Å². The van der Waals surface area contributed by atoms with Crippen LogP contribution in [0.3, 0.4) is 0 Å². The Bertz CT molecular complexity index is 385. The van der Waals surface area contributed by atoms with Gasteiger partial charge in [0, 0.05) is 4.86 Å². The lowest BCUT2D eigenvalue weighted by Gasteiger charge is -2.11. The summed E-state index contributed by atoms with van der Waals surface area (Å²) in [5, 5.41) is 2.64. The van der Waals surface area contributed by atoms with Crippen LogP contribution < -0.4 is 5.32 Å². The Hall–Kier alpha value is -0.520. The molecule has 0 aromatic heterocycles. The quantitative estimate of drug-likeness (QED) is 0.445. The summed E-state index contributed by atoms with van der Waals surface area (Å²) in [6.07, 6.45) is 5.03. The summed E-state index contributed by atoms with van der Waals surface area (Å²) >= 11 is 5.00. The minimum Gasteiger partial charge on any atom is -0.465 e.